The predicted molar refractivity (Wildman–Crippen MR) is 72.3 cm³/mol. The molecule has 0 aromatic heterocycles. The minimum absolute atomic E-state index is 0.194. The van der Waals surface area contributed by atoms with Crippen molar-refractivity contribution in [3.8, 4) is 0 Å². The molecule has 0 bridgehead atoms. The molecular formula is C12H24N2O2S. The van der Waals surface area contributed by atoms with E-state index in [4.69, 9.17) is 10.5 Å². The lowest BCUT2D eigenvalue weighted by molar-refractivity contribution is 0.0516. The van der Waals surface area contributed by atoms with Crippen LogP contribution in [0.2, 0.25) is 0 Å². The van der Waals surface area contributed by atoms with Crippen LogP contribution in [-0.4, -0.2) is 35.8 Å². The van der Waals surface area contributed by atoms with E-state index in [1.807, 2.05) is 32.5 Å². The molecule has 2 atom stereocenters. The van der Waals surface area contributed by atoms with Crippen LogP contribution in [-0.2, 0) is 4.74 Å². The third-order valence-electron chi connectivity index (χ3n) is 2.74. The Bertz CT molecular complexity index is 253. The summed E-state index contributed by atoms with van der Waals surface area (Å²) < 4.78 is 5.20. The van der Waals surface area contributed by atoms with Crippen molar-refractivity contribution in [3.05, 3.63) is 0 Å². The standard InChI is InChI=1S/C12H24N2O2S/c1-12(2,3)16-11(15)14-8-9-4-6-17-7-5-10(9)13/h9-10H,4-8,13H2,1-3H3,(H,14,15)/t9-,10+/m0/s1. The highest BCUT2D eigenvalue weighted by Crippen LogP contribution is 2.21. The lowest BCUT2D eigenvalue weighted by atomic mass is 9.96. The second-order valence-corrected chi connectivity index (χ2v) is 6.72. The summed E-state index contributed by atoms with van der Waals surface area (Å²) in [6.07, 6.45) is 1.76. The number of carbonyl (C=O) groups excluding carboxylic acids is 1. The Hall–Kier alpha value is -0.420. The number of ether oxygens (including phenoxy) is 1. The van der Waals surface area contributed by atoms with E-state index >= 15 is 0 Å². The molecule has 0 aromatic carbocycles. The molecule has 0 unspecified atom stereocenters. The number of alkyl carbamates (subject to hydrolysis) is 1. The summed E-state index contributed by atoms with van der Waals surface area (Å²) in [7, 11) is 0. The highest BCUT2D eigenvalue weighted by Gasteiger charge is 2.22. The van der Waals surface area contributed by atoms with Gasteiger partial charge in [0, 0.05) is 12.6 Å². The summed E-state index contributed by atoms with van der Waals surface area (Å²) in [4.78, 5) is 11.5. The monoisotopic (exact) mass is 260 g/mol. The van der Waals surface area contributed by atoms with E-state index in [2.05, 4.69) is 5.32 Å². The molecule has 1 heterocycles. The number of thioether (sulfide) groups is 1. The molecule has 17 heavy (non-hydrogen) atoms. The predicted octanol–water partition coefficient (Wildman–Crippen LogP) is 1.98. The fourth-order valence-electron chi connectivity index (χ4n) is 1.79. The molecule has 1 saturated heterocycles. The number of hydrogen-bond acceptors (Lipinski definition) is 4. The van der Waals surface area contributed by atoms with E-state index in [0.29, 0.717) is 12.5 Å². The molecule has 0 saturated carbocycles. The van der Waals surface area contributed by atoms with Crippen molar-refractivity contribution in [2.45, 2.75) is 45.3 Å². The van der Waals surface area contributed by atoms with Crippen LogP contribution in [0.25, 0.3) is 0 Å². The SMILES string of the molecule is CC(C)(C)OC(=O)NC[C@@H]1CCSCC[C@H]1N. The second kappa shape index (κ2) is 6.50. The normalized spacial score (nSPS) is 26.1. The van der Waals surface area contributed by atoms with E-state index in [1.54, 1.807) is 0 Å². The quantitative estimate of drug-likeness (QED) is 0.797. The maximum atomic E-state index is 11.5. The molecule has 1 aliphatic heterocycles. The Morgan fingerprint density at radius 1 is 1.41 bits per heavy atom. The van der Waals surface area contributed by atoms with E-state index in [9.17, 15) is 4.79 Å². The fraction of sp³-hybridized carbons (Fsp3) is 0.917. The second-order valence-electron chi connectivity index (χ2n) is 5.50. The van der Waals surface area contributed by atoms with Crippen molar-refractivity contribution >= 4 is 17.9 Å². The van der Waals surface area contributed by atoms with Crippen LogP contribution in [0.4, 0.5) is 4.79 Å². The van der Waals surface area contributed by atoms with E-state index in [0.717, 1.165) is 24.3 Å². The summed E-state index contributed by atoms with van der Waals surface area (Å²) in [6.45, 7) is 6.21. The van der Waals surface area contributed by atoms with E-state index in [-0.39, 0.29) is 12.1 Å². The third-order valence-corrected chi connectivity index (χ3v) is 3.79. The molecule has 0 radical (unpaired) electrons. The summed E-state index contributed by atoms with van der Waals surface area (Å²) in [5.41, 5.74) is 5.65. The first kappa shape index (κ1) is 14.6. The Kier molecular flexibility index (Phi) is 5.59. The largest absolute Gasteiger partial charge is 0.444 e. The number of amides is 1. The van der Waals surface area contributed by atoms with E-state index < -0.39 is 5.60 Å². The Balaban J connectivity index is 2.31. The molecule has 0 spiro atoms. The van der Waals surface area contributed by atoms with Gasteiger partial charge in [-0.1, -0.05) is 0 Å². The lowest BCUT2D eigenvalue weighted by Gasteiger charge is -2.23. The van der Waals surface area contributed by atoms with Crippen LogP contribution >= 0.6 is 11.8 Å². The molecule has 1 fully saturated rings. The van der Waals surface area contributed by atoms with Crippen molar-refractivity contribution in [1.29, 1.82) is 0 Å². The maximum absolute atomic E-state index is 11.5. The van der Waals surface area contributed by atoms with Crippen LogP contribution < -0.4 is 11.1 Å². The van der Waals surface area contributed by atoms with Gasteiger partial charge in [-0.05, 0) is 51.0 Å². The molecule has 1 aliphatic rings. The third kappa shape index (κ3) is 6.17. The van der Waals surface area contributed by atoms with Crippen LogP contribution in [0.5, 0.6) is 0 Å². The van der Waals surface area contributed by atoms with Gasteiger partial charge in [0.05, 0.1) is 0 Å². The van der Waals surface area contributed by atoms with Gasteiger partial charge in [0.2, 0.25) is 0 Å². The Morgan fingerprint density at radius 2 is 2.06 bits per heavy atom. The topological polar surface area (TPSA) is 64.3 Å². The molecule has 1 amide bonds. The summed E-state index contributed by atoms with van der Waals surface area (Å²) in [5, 5.41) is 2.82. The highest BCUT2D eigenvalue weighted by molar-refractivity contribution is 7.99. The zero-order valence-electron chi connectivity index (χ0n) is 11.0. The average Bonchev–Trinajstić information content (AvgIpc) is 2.37. The van der Waals surface area contributed by atoms with Gasteiger partial charge in [-0.3, -0.25) is 0 Å². The van der Waals surface area contributed by atoms with Gasteiger partial charge in [0.15, 0.2) is 0 Å². The van der Waals surface area contributed by atoms with Gasteiger partial charge in [0.25, 0.3) is 0 Å². The first-order valence-electron chi connectivity index (χ1n) is 6.18. The van der Waals surface area contributed by atoms with Gasteiger partial charge in [-0.2, -0.15) is 11.8 Å². The summed E-state index contributed by atoms with van der Waals surface area (Å²) in [5.74, 6) is 2.64. The minimum Gasteiger partial charge on any atom is -0.444 e. The van der Waals surface area contributed by atoms with E-state index in [1.165, 1.54) is 0 Å². The van der Waals surface area contributed by atoms with Crippen molar-refractivity contribution in [2.24, 2.45) is 11.7 Å². The zero-order chi connectivity index (χ0) is 12.9. The minimum atomic E-state index is -0.439. The molecular weight excluding hydrogens is 236 g/mol. The number of nitrogens with two attached hydrogens (primary N) is 1. The zero-order valence-corrected chi connectivity index (χ0v) is 11.8. The van der Waals surface area contributed by atoms with Crippen molar-refractivity contribution in [1.82, 2.24) is 5.32 Å². The summed E-state index contributed by atoms with van der Waals surface area (Å²) >= 11 is 1.94. The van der Waals surface area contributed by atoms with Crippen molar-refractivity contribution in [2.75, 3.05) is 18.1 Å². The Morgan fingerprint density at radius 3 is 2.71 bits per heavy atom. The van der Waals surface area contributed by atoms with Crippen molar-refractivity contribution < 1.29 is 9.53 Å². The molecule has 3 N–H and O–H groups in total. The van der Waals surface area contributed by atoms with Crippen LogP contribution in [0.1, 0.15) is 33.6 Å². The molecule has 4 nitrogen and oxygen atoms in total. The first-order chi connectivity index (χ1) is 7.88. The van der Waals surface area contributed by atoms with Crippen molar-refractivity contribution in [3.63, 3.8) is 0 Å². The average molecular weight is 260 g/mol. The molecule has 1 rings (SSSR count). The van der Waals surface area contributed by atoms with Gasteiger partial charge >= 0.3 is 6.09 Å². The van der Waals surface area contributed by atoms with Crippen LogP contribution in [0.3, 0.4) is 0 Å². The van der Waals surface area contributed by atoms with Gasteiger partial charge in [-0.25, -0.2) is 4.79 Å². The maximum Gasteiger partial charge on any atom is 0.407 e. The number of nitrogens with one attached hydrogen (secondary N) is 1. The van der Waals surface area contributed by atoms with Crippen LogP contribution in [0, 0.1) is 5.92 Å². The molecule has 100 valence electrons. The first-order valence-corrected chi connectivity index (χ1v) is 7.34. The highest BCUT2D eigenvalue weighted by atomic mass is 32.2. The van der Waals surface area contributed by atoms with Gasteiger partial charge < -0.3 is 15.8 Å². The number of hydrogen-bond donors (Lipinski definition) is 2. The Labute approximate surface area is 108 Å². The summed E-state index contributed by atoms with van der Waals surface area (Å²) in [6, 6.07) is 0.194. The molecule has 0 aromatic rings. The smallest absolute Gasteiger partial charge is 0.407 e. The number of carbonyl (C=O) groups is 1. The number of rotatable bonds is 2. The van der Waals surface area contributed by atoms with Gasteiger partial charge in [-0.15, -0.1) is 0 Å². The lowest BCUT2D eigenvalue weighted by Crippen LogP contribution is -2.41. The molecule has 5 heteroatoms. The fourth-order valence-corrected chi connectivity index (χ4v) is 2.90. The van der Waals surface area contributed by atoms with Crippen LogP contribution in [0.15, 0.2) is 0 Å². The molecule has 0 aliphatic carbocycles. The van der Waals surface area contributed by atoms with Gasteiger partial charge in [0.1, 0.15) is 5.60 Å².